The van der Waals surface area contributed by atoms with Gasteiger partial charge in [0.05, 0.1) is 6.42 Å². The molecule has 0 aliphatic heterocycles. The third kappa shape index (κ3) is 6.45. The van der Waals surface area contributed by atoms with E-state index < -0.39 is 6.09 Å². The van der Waals surface area contributed by atoms with Gasteiger partial charge in [-0.2, -0.15) is 0 Å². The highest BCUT2D eigenvalue weighted by atomic mass is 16.5. The summed E-state index contributed by atoms with van der Waals surface area (Å²) in [5.74, 6) is -0.178. The summed E-state index contributed by atoms with van der Waals surface area (Å²) in [5.41, 5.74) is 0.733. The molecule has 104 valence electrons. The number of nitrogens with one attached hydrogen (secondary N) is 2. The number of para-hydroxylation sites is 1. The van der Waals surface area contributed by atoms with Crippen molar-refractivity contribution in [1.29, 1.82) is 0 Å². The molecule has 0 radical (unpaired) electrons. The van der Waals surface area contributed by atoms with Crippen LogP contribution in [0.2, 0.25) is 0 Å². The van der Waals surface area contributed by atoms with Crippen LogP contribution in [-0.2, 0) is 9.53 Å². The van der Waals surface area contributed by atoms with Gasteiger partial charge >= 0.3 is 6.09 Å². The Morgan fingerprint density at radius 1 is 1.26 bits per heavy atom. The third-order valence-corrected chi connectivity index (χ3v) is 2.60. The first-order valence-electron chi connectivity index (χ1n) is 6.40. The second-order valence-electron chi connectivity index (χ2n) is 4.25. The zero-order valence-electron chi connectivity index (χ0n) is 11.3. The van der Waals surface area contributed by atoms with E-state index in [1.165, 1.54) is 0 Å². The van der Waals surface area contributed by atoms with Gasteiger partial charge in [0, 0.05) is 11.7 Å². The van der Waals surface area contributed by atoms with Crippen molar-refractivity contribution in [3.05, 3.63) is 30.3 Å². The van der Waals surface area contributed by atoms with Crippen molar-refractivity contribution in [3.8, 4) is 0 Å². The van der Waals surface area contributed by atoms with Gasteiger partial charge in [0.1, 0.15) is 6.61 Å². The van der Waals surface area contributed by atoms with Crippen molar-refractivity contribution in [3.63, 3.8) is 0 Å². The van der Waals surface area contributed by atoms with Crippen LogP contribution in [-0.4, -0.2) is 24.6 Å². The van der Waals surface area contributed by atoms with Crippen molar-refractivity contribution in [2.75, 3.05) is 11.9 Å². The second-order valence-corrected chi connectivity index (χ2v) is 4.25. The molecular weight excluding hydrogens is 244 g/mol. The van der Waals surface area contributed by atoms with Gasteiger partial charge in [0.25, 0.3) is 0 Å². The molecule has 0 aromatic heterocycles. The van der Waals surface area contributed by atoms with E-state index in [9.17, 15) is 9.59 Å². The molecular formula is C14H20N2O3. The summed E-state index contributed by atoms with van der Waals surface area (Å²) in [6.45, 7) is 3.93. The topological polar surface area (TPSA) is 67.4 Å². The quantitative estimate of drug-likeness (QED) is 0.829. The molecule has 1 rings (SSSR count). The molecule has 1 atom stereocenters. The Balaban J connectivity index is 2.19. The van der Waals surface area contributed by atoms with Crippen molar-refractivity contribution in [2.24, 2.45) is 0 Å². The Morgan fingerprint density at radius 2 is 1.95 bits per heavy atom. The van der Waals surface area contributed by atoms with E-state index in [1.807, 2.05) is 32.0 Å². The molecule has 0 saturated carbocycles. The van der Waals surface area contributed by atoms with Crippen molar-refractivity contribution < 1.29 is 14.3 Å². The molecule has 0 aliphatic carbocycles. The average Bonchev–Trinajstić information content (AvgIpc) is 2.39. The number of anilines is 1. The molecule has 5 nitrogen and oxygen atoms in total. The van der Waals surface area contributed by atoms with Gasteiger partial charge in [-0.15, -0.1) is 0 Å². The molecule has 1 unspecified atom stereocenters. The van der Waals surface area contributed by atoms with Gasteiger partial charge in [-0.1, -0.05) is 25.1 Å². The van der Waals surface area contributed by atoms with E-state index in [0.29, 0.717) is 0 Å². The fourth-order valence-corrected chi connectivity index (χ4v) is 1.33. The molecule has 2 N–H and O–H groups in total. The molecule has 1 aromatic carbocycles. The number of amides is 2. The monoisotopic (exact) mass is 264 g/mol. The summed E-state index contributed by atoms with van der Waals surface area (Å²) in [5, 5.41) is 5.38. The summed E-state index contributed by atoms with van der Waals surface area (Å²) in [4.78, 5) is 22.8. The number of ether oxygens (including phenoxy) is 1. The lowest BCUT2D eigenvalue weighted by Gasteiger charge is -2.11. The van der Waals surface area contributed by atoms with E-state index in [2.05, 4.69) is 10.6 Å². The largest absolute Gasteiger partial charge is 0.449 e. The number of carbonyl (C=O) groups excluding carboxylic acids is 2. The first-order valence-corrected chi connectivity index (χ1v) is 6.40. The highest BCUT2D eigenvalue weighted by molar-refractivity contribution is 5.90. The van der Waals surface area contributed by atoms with Crippen LogP contribution in [0.4, 0.5) is 10.5 Å². The predicted molar refractivity (Wildman–Crippen MR) is 73.9 cm³/mol. The number of hydrogen-bond acceptors (Lipinski definition) is 3. The first kappa shape index (κ1) is 15.0. The lowest BCUT2D eigenvalue weighted by Crippen LogP contribution is -2.33. The number of benzene rings is 1. The van der Waals surface area contributed by atoms with Crippen LogP contribution >= 0.6 is 0 Å². The molecule has 0 aliphatic rings. The first-order chi connectivity index (χ1) is 9.11. The van der Waals surface area contributed by atoms with E-state index in [4.69, 9.17) is 4.74 Å². The molecule has 0 spiro atoms. The van der Waals surface area contributed by atoms with Crippen molar-refractivity contribution in [2.45, 2.75) is 32.7 Å². The van der Waals surface area contributed by atoms with Crippen LogP contribution in [0, 0.1) is 0 Å². The lowest BCUT2D eigenvalue weighted by molar-refractivity contribution is -0.116. The molecule has 2 amide bonds. The average molecular weight is 264 g/mol. The van der Waals surface area contributed by atoms with Gasteiger partial charge in [-0.05, 0) is 25.5 Å². The fraction of sp³-hybridized carbons (Fsp3) is 0.429. The summed E-state index contributed by atoms with van der Waals surface area (Å²) < 4.78 is 4.91. The normalized spacial score (nSPS) is 11.5. The molecule has 0 fully saturated rings. The highest BCUT2D eigenvalue weighted by Gasteiger charge is 2.07. The smallest absolute Gasteiger partial charge is 0.407 e. The van der Waals surface area contributed by atoms with E-state index in [-0.39, 0.29) is 25.0 Å². The summed E-state index contributed by atoms with van der Waals surface area (Å²) in [6, 6.07) is 9.23. The van der Waals surface area contributed by atoms with Crippen LogP contribution < -0.4 is 10.6 Å². The Kier molecular flexibility index (Phi) is 6.43. The zero-order chi connectivity index (χ0) is 14.1. The minimum absolute atomic E-state index is 0.0704. The van der Waals surface area contributed by atoms with Crippen LogP contribution in [0.15, 0.2) is 30.3 Å². The maximum atomic E-state index is 11.5. The van der Waals surface area contributed by atoms with E-state index in [1.54, 1.807) is 12.1 Å². The molecule has 0 saturated heterocycles. The number of rotatable bonds is 6. The Bertz CT molecular complexity index is 406. The Morgan fingerprint density at radius 3 is 2.58 bits per heavy atom. The standard InChI is InChI=1S/C14H20N2O3/c1-3-11(2)15-14(18)19-10-9-13(17)16-12-7-5-4-6-8-12/h4-8,11H,3,9-10H2,1-2H3,(H,15,18)(H,16,17). The summed E-state index contributed by atoms with van der Waals surface area (Å²) >= 11 is 0. The van der Waals surface area contributed by atoms with Gasteiger partial charge in [-0.3, -0.25) is 4.79 Å². The second kappa shape index (κ2) is 8.13. The Hall–Kier alpha value is -2.04. The minimum atomic E-state index is -0.484. The third-order valence-electron chi connectivity index (χ3n) is 2.60. The number of hydrogen-bond donors (Lipinski definition) is 2. The van der Waals surface area contributed by atoms with Crippen molar-refractivity contribution >= 4 is 17.7 Å². The van der Waals surface area contributed by atoms with Gasteiger partial charge < -0.3 is 15.4 Å². The van der Waals surface area contributed by atoms with Crippen LogP contribution in [0.3, 0.4) is 0 Å². The molecule has 0 bridgehead atoms. The maximum absolute atomic E-state index is 11.5. The molecule has 19 heavy (non-hydrogen) atoms. The number of alkyl carbamates (subject to hydrolysis) is 1. The number of carbonyl (C=O) groups is 2. The van der Waals surface area contributed by atoms with Crippen LogP contribution in [0.1, 0.15) is 26.7 Å². The SMILES string of the molecule is CCC(C)NC(=O)OCCC(=O)Nc1ccccc1. The lowest BCUT2D eigenvalue weighted by atomic mass is 10.3. The minimum Gasteiger partial charge on any atom is -0.449 e. The van der Waals surface area contributed by atoms with E-state index >= 15 is 0 Å². The molecule has 1 aromatic rings. The van der Waals surface area contributed by atoms with Crippen LogP contribution in [0.5, 0.6) is 0 Å². The van der Waals surface area contributed by atoms with Crippen LogP contribution in [0.25, 0.3) is 0 Å². The molecule has 5 heteroatoms. The summed E-state index contributed by atoms with van der Waals surface area (Å²) in [6.07, 6.45) is 0.494. The maximum Gasteiger partial charge on any atom is 0.407 e. The van der Waals surface area contributed by atoms with Gasteiger partial charge in [0.15, 0.2) is 0 Å². The molecule has 0 heterocycles. The van der Waals surface area contributed by atoms with Gasteiger partial charge in [-0.25, -0.2) is 4.79 Å². The fourth-order valence-electron chi connectivity index (χ4n) is 1.33. The highest BCUT2D eigenvalue weighted by Crippen LogP contribution is 2.05. The van der Waals surface area contributed by atoms with E-state index in [0.717, 1.165) is 12.1 Å². The predicted octanol–water partition coefficient (Wildman–Crippen LogP) is 2.54. The van der Waals surface area contributed by atoms with Gasteiger partial charge in [0.2, 0.25) is 5.91 Å². The zero-order valence-corrected chi connectivity index (χ0v) is 11.3. The van der Waals surface area contributed by atoms with Crippen molar-refractivity contribution in [1.82, 2.24) is 5.32 Å². The summed E-state index contributed by atoms with van der Waals surface area (Å²) in [7, 11) is 0. The Labute approximate surface area is 113 Å².